The minimum atomic E-state index is -0.668. The molecule has 0 unspecified atom stereocenters. The monoisotopic (exact) mass is 524 g/mol. The molecule has 1 aromatic heterocycles. The Kier molecular flexibility index (Phi) is 5.88. The van der Waals surface area contributed by atoms with Gasteiger partial charge in [-0.2, -0.15) is 0 Å². The molecule has 1 saturated carbocycles. The summed E-state index contributed by atoms with van der Waals surface area (Å²) >= 11 is 0. The van der Waals surface area contributed by atoms with Crippen LogP contribution < -0.4 is 0 Å². The van der Waals surface area contributed by atoms with E-state index in [9.17, 15) is 9.59 Å². The molecule has 7 heteroatoms. The quantitative estimate of drug-likeness (QED) is 0.465. The number of likely N-dealkylation sites (tertiary alicyclic amines) is 2. The lowest BCUT2D eigenvalue weighted by atomic mass is 9.87. The molecule has 3 fully saturated rings. The van der Waals surface area contributed by atoms with Crippen LogP contribution in [0.25, 0.3) is 22.1 Å². The van der Waals surface area contributed by atoms with E-state index >= 15 is 0 Å². The zero-order valence-corrected chi connectivity index (χ0v) is 22.8. The lowest BCUT2D eigenvalue weighted by Gasteiger charge is -2.42. The van der Waals surface area contributed by atoms with E-state index in [0.29, 0.717) is 24.4 Å². The van der Waals surface area contributed by atoms with Gasteiger partial charge in [0.1, 0.15) is 17.0 Å². The van der Waals surface area contributed by atoms with Gasteiger partial charge in [0.2, 0.25) is 5.91 Å². The van der Waals surface area contributed by atoms with Crippen molar-refractivity contribution >= 4 is 28.6 Å². The van der Waals surface area contributed by atoms with Crippen LogP contribution in [0.15, 0.2) is 64.2 Å². The molecule has 4 aliphatic rings. The van der Waals surface area contributed by atoms with Crippen LogP contribution >= 0.6 is 0 Å². The van der Waals surface area contributed by atoms with Crippen molar-refractivity contribution in [3.8, 4) is 11.1 Å². The predicted octanol–water partition coefficient (Wildman–Crippen LogP) is 4.80. The Labute approximate surface area is 229 Å². The summed E-state index contributed by atoms with van der Waals surface area (Å²) in [4.78, 5) is 38.1. The molecule has 7 nitrogen and oxygen atoms in total. The van der Waals surface area contributed by atoms with E-state index in [2.05, 4.69) is 55.1 Å². The van der Waals surface area contributed by atoms with Crippen LogP contribution in [-0.4, -0.2) is 76.7 Å². The predicted molar refractivity (Wildman–Crippen MR) is 151 cm³/mol. The number of amidine groups is 1. The normalized spacial score (nSPS) is 21.7. The topological polar surface area (TPSA) is 69.4 Å². The molecule has 2 saturated heterocycles. The van der Waals surface area contributed by atoms with E-state index in [1.54, 1.807) is 6.26 Å². The standard InChI is InChI=1S/C32H36N4O3/c1-21(2)34-14-12-32(13-15-34)31(38)36(20-22-18-35(19-22)30(37)25-7-8-25)29(33-32)24-5-3-23(4-6-24)26-9-10-28-27(17-26)11-16-39-28/h3-6,9-11,16-17,21-22,25H,7-8,12-15,18-20H2,1-2H3. The van der Waals surface area contributed by atoms with Gasteiger partial charge in [0.15, 0.2) is 0 Å². The molecule has 3 aromatic rings. The van der Waals surface area contributed by atoms with Crippen LogP contribution in [0.1, 0.15) is 45.1 Å². The van der Waals surface area contributed by atoms with Crippen LogP contribution in [0.5, 0.6) is 0 Å². The van der Waals surface area contributed by atoms with Gasteiger partial charge in [0.05, 0.1) is 6.26 Å². The van der Waals surface area contributed by atoms with E-state index in [-0.39, 0.29) is 11.8 Å². The van der Waals surface area contributed by atoms with Crippen molar-refractivity contribution in [2.24, 2.45) is 16.8 Å². The fourth-order valence-corrected chi connectivity index (χ4v) is 6.45. The van der Waals surface area contributed by atoms with Gasteiger partial charge in [-0.1, -0.05) is 30.3 Å². The zero-order chi connectivity index (χ0) is 26.7. The highest BCUT2D eigenvalue weighted by atomic mass is 16.3. The van der Waals surface area contributed by atoms with Crippen molar-refractivity contribution in [2.45, 2.75) is 51.1 Å². The third-order valence-corrected chi connectivity index (χ3v) is 9.14. The molecule has 0 radical (unpaired) electrons. The van der Waals surface area contributed by atoms with Gasteiger partial charge in [-0.3, -0.25) is 19.5 Å². The summed E-state index contributed by atoms with van der Waals surface area (Å²) in [5.74, 6) is 1.78. The molecular weight excluding hydrogens is 488 g/mol. The number of carbonyl (C=O) groups excluding carboxylic acids is 2. The Morgan fingerprint density at radius 2 is 1.69 bits per heavy atom. The van der Waals surface area contributed by atoms with Crippen LogP contribution in [0.3, 0.4) is 0 Å². The van der Waals surface area contributed by atoms with Gasteiger partial charge in [-0.25, -0.2) is 0 Å². The van der Waals surface area contributed by atoms with Crippen LogP contribution in [-0.2, 0) is 9.59 Å². The molecule has 202 valence electrons. The Morgan fingerprint density at radius 3 is 2.38 bits per heavy atom. The second kappa shape index (κ2) is 9.33. The summed E-state index contributed by atoms with van der Waals surface area (Å²) < 4.78 is 5.49. The van der Waals surface area contributed by atoms with Crippen molar-refractivity contribution in [1.29, 1.82) is 0 Å². The molecule has 0 N–H and O–H groups in total. The van der Waals surface area contributed by atoms with Gasteiger partial charge in [0.25, 0.3) is 5.91 Å². The second-order valence-corrected chi connectivity index (χ2v) is 12.1. The average Bonchev–Trinajstić information content (AvgIpc) is 3.62. The lowest BCUT2D eigenvalue weighted by molar-refractivity contribution is -0.140. The number of piperidine rings is 1. The Morgan fingerprint density at radius 1 is 1.00 bits per heavy atom. The highest BCUT2D eigenvalue weighted by molar-refractivity contribution is 6.15. The van der Waals surface area contributed by atoms with Crippen molar-refractivity contribution in [3.63, 3.8) is 0 Å². The largest absolute Gasteiger partial charge is 0.464 e. The van der Waals surface area contributed by atoms with Crippen molar-refractivity contribution in [3.05, 3.63) is 60.4 Å². The zero-order valence-electron chi connectivity index (χ0n) is 22.8. The molecule has 4 heterocycles. The molecular formula is C32H36N4O3. The van der Waals surface area contributed by atoms with Crippen LogP contribution in [0.2, 0.25) is 0 Å². The number of aliphatic imine (C=N–C) groups is 1. The molecule has 39 heavy (non-hydrogen) atoms. The SMILES string of the molecule is CC(C)N1CCC2(CC1)N=C(c1ccc(-c3ccc4occc4c3)cc1)N(CC1CN(C(=O)C3CC3)C1)C2=O. The van der Waals surface area contributed by atoms with Gasteiger partial charge in [-0.05, 0) is 68.9 Å². The van der Waals surface area contributed by atoms with E-state index in [1.807, 2.05) is 21.9 Å². The number of hydrogen-bond donors (Lipinski definition) is 0. The first-order valence-corrected chi connectivity index (χ1v) is 14.4. The fraction of sp³-hybridized carbons (Fsp3) is 0.469. The van der Waals surface area contributed by atoms with Gasteiger partial charge < -0.3 is 14.2 Å². The van der Waals surface area contributed by atoms with Gasteiger partial charge >= 0.3 is 0 Å². The van der Waals surface area contributed by atoms with Crippen molar-refractivity contribution < 1.29 is 14.0 Å². The maximum absolute atomic E-state index is 14.0. The van der Waals surface area contributed by atoms with Crippen molar-refractivity contribution in [2.75, 3.05) is 32.7 Å². The molecule has 1 spiro atoms. The maximum atomic E-state index is 14.0. The number of fused-ring (bicyclic) bond motifs is 1. The number of furan rings is 1. The van der Waals surface area contributed by atoms with Crippen LogP contribution in [0.4, 0.5) is 0 Å². The van der Waals surface area contributed by atoms with E-state index in [1.165, 1.54) is 0 Å². The molecule has 2 aromatic carbocycles. The second-order valence-electron chi connectivity index (χ2n) is 12.1. The molecule has 0 atom stereocenters. The molecule has 2 amide bonds. The first-order valence-electron chi connectivity index (χ1n) is 14.4. The van der Waals surface area contributed by atoms with E-state index < -0.39 is 5.54 Å². The van der Waals surface area contributed by atoms with Gasteiger partial charge in [-0.15, -0.1) is 0 Å². The number of benzene rings is 2. The van der Waals surface area contributed by atoms with Crippen molar-refractivity contribution in [1.82, 2.24) is 14.7 Å². The first-order chi connectivity index (χ1) is 18.9. The summed E-state index contributed by atoms with van der Waals surface area (Å²) in [6.07, 6.45) is 5.28. The number of amides is 2. The highest BCUT2D eigenvalue weighted by Crippen LogP contribution is 2.38. The minimum absolute atomic E-state index is 0.141. The average molecular weight is 525 g/mol. The Hall–Kier alpha value is -3.45. The number of hydrogen-bond acceptors (Lipinski definition) is 5. The van der Waals surface area contributed by atoms with E-state index in [4.69, 9.17) is 9.41 Å². The molecule has 3 aliphatic heterocycles. The van der Waals surface area contributed by atoms with Gasteiger partial charge in [0, 0.05) is 61.6 Å². The smallest absolute Gasteiger partial charge is 0.256 e. The summed E-state index contributed by atoms with van der Waals surface area (Å²) in [6, 6.07) is 17.1. The molecule has 1 aliphatic carbocycles. The Bertz CT molecular complexity index is 1440. The number of rotatable bonds is 6. The van der Waals surface area contributed by atoms with Crippen LogP contribution in [0, 0.1) is 11.8 Å². The third-order valence-electron chi connectivity index (χ3n) is 9.14. The number of carbonyl (C=O) groups is 2. The summed E-state index contributed by atoms with van der Waals surface area (Å²) in [5.41, 5.74) is 3.44. The maximum Gasteiger partial charge on any atom is 0.256 e. The summed E-state index contributed by atoms with van der Waals surface area (Å²) in [5, 5.41) is 1.08. The fourth-order valence-electron chi connectivity index (χ4n) is 6.45. The first kappa shape index (κ1) is 24.6. The molecule has 7 rings (SSSR count). The Balaban J connectivity index is 1.14. The number of nitrogens with zero attached hydrogens (tertiary/aromatic N) is 4. The third kappa shape index (κ3) is 4.37. The summed E-state index contributed by atoms with van der Waals surface area (Å²) in [6.45, 7) is 8.32. The summed E-state index contributed by atoms with van der Waals surface area (Å²) in [7, 11) is 0. The highest BCUT2D eigenvalue weighted by Gasteiger charge is 2.51. The lowest BCUT2D eigenvalue weighted by Crippen LogP contribution is -2.57. The minimum Gasteiger partial charge on any atom is -0.464 e. The van der Waals surface area contributed by atoms with E-state index in [0.717, 1.165) is 85.4 Å². The molecule has 0 bridgehead atoms.